The monoisotopic (exact) mass is 306 g/mol. The van der Waals surface area contributed by atoms with E-state index in [1.54, 1.807) is 0 Å². The molecule has 1 aromatic heterocycles. The molecule has 0 radical (unpaired) electrons. The second-order valence-electron chi connectivity index (χ2n) is 4.20. The standard InChI is InChI=1S/C13H8F6N2/c14-12(15,16)9-4-2-1-3-7(9)8-6-21-11(20)5-10(8)13(17,18)19/h1-6H,(H2,20,21). The lowest BCUT2D eigenvalue weighted by molar-refractivity contribution is -0.139. The molecule has 2 aromatic rings. The molecule has 112 valence electrons. The van der Waals surface area contributed by atoms with Crippen molar-refractivity contribution in [1.29, 1.82) is 0 Å². The van der Waals surface area contributed by atoms with Crippen molar-refractivity contribution in [2.24, 2.45) is 0 Å². The van der Waals surface area contributed by atoms with Crippen LogP contribution < -0.4 is 5.73 Å². The average Bonchev–Trinajstić information content (AvgIpc) is 2.36. The summed E-state index contributed by atoms with van der Waals surface area (Å²) in [5.41, 5.74) is 1.52. The third-order valence-electron chi connectivity index (χ3n) is 2.75. The maximum Gasteiger partial charge on any atom is 0.417 e. The predicted octanol–water partition coefficient (Wildman–Crippen LogP) is 4.37. The molecule has 0 amide bonds. The van der Waals surface area contributed by atoms with E-state index in [4.69, 9.17) is 5.73 Å². The zero-order valence-corrected chi connectivity index (χ0v) is 10.3. The molecule has 0 saturated carbocycles. The molecule has 0 fully saturated rings. The van der Waals surface area contributed by atoms with Gasteiger partial charge in [0, 0.05) is 11.8 Å². The molecule has 0 aliphatic carbocycles. The van der Waals surface area contributed by atoms with Gasteiger partial charge in [-0.05, 0) is 17.7 Å². The van der Waals surface area contributed by atoms with E-state index in [2.05, 4.69) is 4.98 Å². The molecule has 2 rings (SSSR count). The van der Waals surface area contributed by atoms with Crippen LogP contribution in [0, 0.1) is 0 Å². The summed E-state index contributed by atoms with van der Waals surface area (Å²) in [6.45, 7) is 0. The fourth-order valence-electron chi connectivity index (χ4n) is 1.89. The van der Waals surface area contributed by atoms with Gasteiger partial charge in [-0.25, -0.2) is 4.98 Å². The van der Waals surface area contributed by atoms with Crippen LogP contribution in [0.4, 0.5) is 32.2 Å². The molecule has 21 heavy (non-hydrogen) atoms. The molecular weight excluding hydrogens is 298 g/mol. The molecule has 0 aliphatic heterocycles. The van der Waals surface area contributed by atoms with Gasteiger partial charge in [-0.2, -0.15) is 26.3 Å². The van der Waals surface area contributed by atoms with Crippen molar-refractivity contribution in [3.8, 4) is 11.1 Å². The Hall–Kier alpha value is -2.25. The maximum atomic E-state index is 13.0. The summed E-state index contributed by atoms with van der Waals surface area (Å²) >= 11 is 0. The zero-order chi connectivity index (χ0) is 15.8. The van der Waals surface area contributed by atoms with Crippen LogP contribution in [-0.4, -0.2) is 4.98 Å². The normalized spacial score (nSPS) is 12.5. The van der Waals surface area contributed by atoms with Crippen LogP contribution >= 0.6 is 0 Å². The molecule has 0 bridgehead atoms. The molecule has 8 heteroatoms. The lowest BCUT2D eigenvalue weighted by atomic mass is 9.96. The fraction of sp³-hybridized carbons (Fsp3) is 0.154. The summed E-state index contributed by atoms with van der Waals surface area (Å²) in [5.74, 6) is -0.421. The van der Waals surface area contributed by atoms with E-state index in [1.807, 2.05) is 0 Å². The Morgan fingerprint density at radius 1 is 0.810 bits per heavy atom. The highest BCUT2D eigenvalue weighted by Gasteiger charge is 2.38. The smallest absolute Gasteiger partial charge is 0.384 e. The van der Waals surface area contributed by atoms with Crippen molar-refractivity contribution in [1.82, 2.24) is 4.98 Å². The van der Waals surface area contributed by atoms with Crippen LogP contribution in [-0.2, 0) is 12.4 Å². The van der Waals surface area contributed by atoms with Crippen LogP contribution in [0.15, 0.2) is 36.5 Å². The van der Waals surface area contributed by atoms with Gasteiger partial charge in [0.05, 0.1) is 11.1 Å². The van der Waals surface area contributed by atoms with Gasteiger partial charge in [-0.15, -0.1) is 0 Å². The lowest BCUT2D eigenvalue weighted by Gasteiger charge is -2.17. The molecule has 0 spiro atoms. The first-order valence-corrected chi connectivity index (χ1v) is 5.60. The summed E-state index contributed by atoms with van der Waals surface area (Å²) in [5, 5.41) is 0. The first kappa shape index (κ1) is 15.1. The molecule has 0 aliphatic rings. The maximum absolute atomic E-state index is 13.0. The topological polar surface area (TPSA) is 38.9 Å². The van der Waals surface area contributed by atoms with Crippen molar-refractivity contribution >= 4 is 5.82 Å². The van der Waals surface area contributed by atoms with E-state index in [-0.39, 0.29) is 0 Å². The van der Waals surface area contributed by atoms with E-state index in [0.717, 1.165) is 12.1 Å². The zero-order valence-electron chi connectivity index (χ0n) is 10.3. The third-order valence-corrected chi connectivity index (χ3v) is 2.75. The number of aromatic nitrogens is 1. The number of rotatable bonds is 1. The van der Waals surface area contributed by atoms with Gasteiger partial charge in [0.1, 0.15) is 5.82 Å². The average molecular weight is 306 g/mol. The highest BCUT2D eigenvalue weighted by Crippen LogP contribution is 2.42. The fourth-order valence-corrected chi connectivity index (χ4v) is 1.89. The van der Waals surface area contributed by atoms with E-state index < -0.39 is 40.4 Å². The highest BCUT2D eigenvalue weighted by molar-refractivity contribution is 5.72. The number of hydrogen-bond donors (Lipinski definition) is 1. The second-order valence-corrected chi connectivity index (χ2v) is 4.20. The quantitative estimate of drug-likeness (QED) is 0.795. The summed E-state index contributed by atoms with van der Waals surface area (Å²) in [4.78, 5) is 3.46. The van der Waals surface area contributed by atoms with Gasteiger partial charge in [-0.1, -0.05) is 18.2 Å². The van der Waals surface area contributed by atoms with Gasteiger partial charge in [0.15, 0.2) is 0 Å². The Balaban J connectivity index is 2.75. The number of pyridine rings is 1. The Bertz CT molecular complexity index is 660. The molecule has 0 atom stereocenters. The van der Waals surface area contributed by atoms with Gasteiger partial charge in [0.2, 0.25) is 0 Å². The van der Waals surface area contributed by atoms with E-state index in [1.165, 1.54) is 6.07 Å². The third kappa shape index (κ3) is 3.09. The summed E-state index contributed by atoms with van der Waals surface area (Å²) in [7, 11) is 0. The van der Waals surface area contributed by atoms with Crippen molar-refractivity contribution in [2.75, 3.05) is 5.73 Å². The molecule has 2 N–H and O–H groups in total. The number of anilines is 1. The molecular formula is C13H8F6N2. The lowest BCUT2D eigenvalue weighted by Crippen LogP contribution is -2.12. The Labute approximate surface area is 115 Å². The van der Waals surface area contributed by atoms with Crippen molar-refractivity contribution in [2.45, 2.75) is 12.4 Å². The van der Waals surface area contributed by atoms with Crippen molar-refractivity contribution in [3.63, 3.8) is 0 Å². The summed E-state index contributed by atoms with van der Waals surface area (Å²) < 4.78 is 77.7. The summed E-state index contributed by atoms with van der Waals surface area (Å²) in [6, 6.07) is 4.52. The molecule has 1 heterocycles. The minimum absolute atomic E-state index is 0.421. The first-order chi connectivity index (χ1) is 9.60. The number of hydrogen-bond acceptors (Lipinski definition) is 2. The molecule has 2 nitrogen and oxygen atoms in total. The number of nitrogens with zero attached hydrogens (tertiary/aromatic N) is 1. The summed E-state index contributed by atoms with van der Waals surface area (Å²) in [6.07, 6.45) is -8.92. The largest absolute Gasteiger partial charge is 0.417 e. The van der Waals surface area contributed by atoms with Gasteiger partial charge >= 0.3 is 12.4 Å². The van der Waals surface area contributed by atoms with Crippen LogP contribution in [0.1, 0.15) is 11.1 Å². The van der Waals surface area contributed by atoms with Gasteiger partial charge < -0.3 is 5.73 Å². The van der Waals surface area contributed by atoms with Crippen LogP contribution in [0.2, 0.25) is 0 Å². The van der Waals surface area contributed by atoms with Crippen LogP contribution in [0.25, 0.3) is 11.1 Å². The van der Waals surface area contributed by atoms with Crippen LogP contribution in [0.3, 0.4) is 0 Å². The molecule has 1 aromatic carbocycles. The van der Waals surface area contributed by atoms with Gasteiger partial charge in [0.25, 0.3) is 0 Å². The molecule has 0 unspecified atom stereocenters. The minimum atomic E-state index is -4.84. The predicted molar refractivity (Wildman–Crippen MR) is 64.1 cm³/mol. The Morgan fingerprint density at radius 3 is 1.95 bits per heavy atom. The van der Waals surface area contributed by atoms with E-state index in [9.17, 15) is 26.3 Å². The SMILES string of the molecule is Nc1cc(C(F)(F)F)c(-c2ccccc2C(F)(F)F)cn1. The van der Waals surface area contributed by atoms with Crippen molar-refractivity contribution < 1.29 is 26.3 Å². The number of alkyl halides is 6. The van der Waals surface area contributed by atoms with E-state index >= 15 is 0 Å². The first-order valence-electron chi connectivity index (χ1n) is 5.60. The highest BCUT2D eigenvalue weighted by atomic mass is 19.4. The van der Waals surface area contributed by atoms with Crippen molar-refractivity contribution in [3.05, 3.63) is 47.7 Å². The number of nitrogen functional groups attached to an aromatic ring is 1. The number of benzene rings is 1. The molecule has 0 saturated heterocycles. The van der Waals surface area contributed by atoms with Gasteiger partial charge in [-0.3, -0.25) is 0 Å². The second kappa shape index (κ2) is 4.94. The van der Waals surface area contributed by atoms with E-state index in [0.29, 0.717) is 18.3 Å². The van der Waals surface area contributed by atoms with Crippen LogP contribution in [0.5, 0.6) is 0 Å². The Kier molecular flexibility index (Phi) is 3.56. The number of halogens is 6. The number of nitrogens with two attached hydrogens (primary N) is 1. The Morgan fingerprint density at radius 2 is 1.38 bits per heavy atom. The minimum Gasteiger partial charge on any atom is -0.384 e.